The third kappa shape index (κ3) is 2.74. The van der Waals surface area contributed by atoms with Crippen molar-refractivity contribution < 1.29 is 18.7 Å². The molecule has 0 spiro atoms. The number of fused-ring (bicyclic) bond motifs is 1. The minimum Gasteiger partial charge on any atom is -0.486 e. The van der Waals surface area contributed by atoms with E-state index in [2.05, 4.69) is 10.3 Å². The summed E-state index contributed by atoms with van der Waals surface area (Å²) in [5, 5.41) is 2.82. The second-order valence-corrected chi connectivity index (χ2v) is 6.54. The van der Waals surface area contributed by atoms with Crippen molar-refractivity contribution in [3.8, 4) is 22.1 Å². The first-order chi connectivity index (χ1) is 11.7. The Labute approximate surface area is 142 Å². The standard InChI is InChI=1S/C17H14N2O4S/c1-10-2-5-14(24-10)16-15(18-9-23-16)17(20)19-11-3-4-12-13(8-11)22-7-6-21-12/h2-5,8-9H,6-7H2,1H3,(H,19,20). The largest absolute Gasteiger partial charge is 0.486 e. The molecule has 2 aromatic heterocycles. The van der Waals surface area contributed by atoms with Crippen LogP contribution < -0.4 is 14.8 Å². The number of benzene rings is 1. The van der Waals surface area contributed by atoms with E-state index in [1.165, 1.54) is 6.39 Å². The highest BCUT2D eigenvalue weighted by Gasteiger charge is 2.20. The molecule has 3 heterocycles. The van der Waals surface area contributed by atoms with Crippen molar-refractivity contribution in [1.29, 1.82) is 0 Å². The zero-order chi connectivity index (χ0) is 16.5. The molecule has 3 aromatic rings. The first-order valence-electron chi connectivity index (χ1n) is 7.42. The van der Waals surface area contributed by atoms with Crippen molar-refractivity contribution >= 4 is 22.9 Å². The average molecular weight is 342 g/mol. The maximum Gasteiger partial charge on any atom is 0.278 e. The Morgan fingerprint density at radius 2 is 2.00 bits per heavy atom. The molecule has 0 radical (unpaired) electrons. The number of aryl methyl sites for hydroxylation is 1. The summed E-state index contributed by atoms with van der Waals surface area (Å²) in [5.41, 5.74) is 0.868. The van der Waals surface area contributed by atoms with Crippen LogP contribution >= 0.6 is 11.3 Å². The Morgan fingerprint density at radius 1 is 1.17 bits per heavy atom. The van der Waals surface area contributed by atoms with Crippen LogP contribution in [0.3, 0.4) is 0 Å². The number of oxazole rings is 1. The fourth-order valence-corrected chi connectivity index (χ4v) is 3.31. The lowest BCUT2D eigenvalue weighted by molar-refractivity contribution is 0.102. The SMILES string of the molecule is Cc1ccc(-c2ocnc2C(=O)Nc2ccc3c(c2)OCCO3)s1. The molecule has 122 valence electrons. The van der Waals surface area contributed by atoms with Gasteiger partial charge in [-0.15, -0.1) is 11.3 Å². The van der Waals surface area contributed by atoms with Crippen molar-refractivity contribution in [3.05, 3.63) is 47.3 Å². The number of amides is 1. The molecule has 0 unspecified atom stereocenters. The van der Waals surface area contributed by atoms with Crippen LogP contribution in [0.25, 0.3) is 10.6 Å². The van der Waals surface area contributed by atoms with E-state index in [0.29, 0.717) is 36.2 Å². The Hall–Kier alpha value is -2.80. The van der Waals surface area contributed by atoms with Crippen LogP contribution in [0, 0.1) is 6.92 Å². The van der Waals surface area contributed by atoms with E-state index in [0.717, 1.165) is 9.75 Å². The monoisotopic (exact) mass is 342 g/mol. The molecule has 4 rings (SSSR count). The Balaban J connectivity index is 1.58. The first kappa shape index (κ1) is 14.8. The van der Waals surface area contributed by atoms with Gasteiger partial charge in [0.15, 0.2) is 29.3 Å². The molecule has 0 aliphatic carbocycles. The van der Waals surface area contributed by atoms with Gasteiger partial charge < -0.3 is 19.2 Å². The highest BCUT2D eigenvalue weighted by atomic mass is 32.1. The number of carbonyl (C=O) groups excluding carboxylic acids is 1. The average Bonchev–Trinajstić information content (AvgIpc) is 3.23. The fourth-order valence-electron chi connectivity index (χ4n) is 2.45. The van der Waals surface area contributed by atoms with Gasteiger partial charge in [-0.25, -0.2) is 4.98 Å². The van der Waals surface area contributed by atoms with Crippen LogP contribution in [0.5, 0.6) is 11.5 Å². The molecule has 0 atom stereocenters. The second-order valence-electron chi connectivity index (χ2n) is 5.25. The van der Waals surface area contributed by atoms with Crippen LogP contribution in [0.1, 0.15) is 15.4 Å². The zero-order valence-electron chi connectivity index (χ0n) is 12.9. The molecule has 24 heavy (non-hydrogen) atoms. The van der Waals surface area contributed by atoms with Crippen LogP contribution in [0.4, 0.5) is 5.69 Å². The zero-order valence-corrected chi connectivity index (χ0v) is 13.7. The summed E-state index contributed by atoms with van der Waals surface area (Å²) in [5.74, 6) is 1.44. The molecule has 0 saturated carbocycles. The molecule has 0 fully saturated rings. The van der Waals surface area contributed by atoms with E-state index in [-0.39, 0.29) is 11.6 Å². The molecule has 1 aliphatic rings. The molecule has 1 amide bonds. The quantitative estimate of drug-likeness (QED) is 0.785. The lowest BCUT2D eigenvalue weighted by Gasteiger charge is -2.18. The van der Waals surface area contributed by atoms with Gasteiger partial charge >= 0.3 is 0 Å². The number of rotatable bonds is 3. The second kappa shape index (κ2) is 6.01. The Bertz CT molecular complexity index is 900. The third-order valence-electron chi connectivity index (χ3n) is 3.55. The molecule has 0 bridgehead atoms. The van der Waals surface area contributed by atoms with Gasteiger partial charge in [0.1, 0.15) is 13.2 Å². The predicted molar refractivity (Wildman–Crippen MR) is 89.9 cm³/mol. The Morgan fingerprint density at radius 3 is 2.79 bits per heavy atom. The third-order valence-corrected chi connectivity index (χ3v) is 4.55. The van der Waals surface area contributed by atoms with E-state index in [4.69, 9.17) is 13.9 Å². The van der Waals surface area contributed by atoms with Gasteiger partial charge in [0.25, 0.3) is 5.91 Å². The number of anilines is 1. The molecule has 0 saturated heterocycles. The Kier molecular flexibility index (Phi) is 3.70. The van der Waals surface area contributed by atoms with E-state index in [9.17, 15) is 4.79 Å². The number of hydrogen-bond donors (Lipinski definition) is 1. The van der Waals surface area contributed by atoms with E-state index in [1.54, 1.807) is 29.5 Å². The maximum atomic E-state index is 12.5. The van der Waals surface area contributed by atoms with Crippen molar-refractivity contribution in [2.75, 3.05) is 18.5 Å². The summed E-state index contributed by atoms with van der Waals surface area (Å²) >= 11 is 1.55. The highest BCUT2D eigenvalue weighted by Crippen LogP contribution is 2.34. The number of aromatic nitrogens is 1. The molecule has 6 nitrogen and oxygen atoms in total. The number of nitrogens with zero attached hydrogens (tertiary/aromatic N) is 1. The highest BCUT2D eigenvalue weighted by molar-refractivity contribution is 7.15. The van der Waals surface area contributed by atoms with Crippen molar-refractivity contribution in [2.45, 2.75) is 6.92 Å². The van der Waals surface area contributed by atoms with Crippen molar-refractivity contribution in [2.24, 2.45) is 0 Å². The molecule has 1 aromatic carbocycles. The topological polar surface area (TPSA) is 73.6 Å². The van der Waals surface area contributed by atoms with Crippen molar-refractivity contribution in [3.63, 3.8) is 0 Å². The molecular formula is C17H14N2O4S. The van der Waals surface area contributed by atoms with E-state index < -0.39 is 0 Å². The summed E-state index contributed by atoms with van der Waals surface area (Å²) in [4.78, 5) is 18.6. The lowest BCUT2D eigenvalue weighted by atomic mass is 10.2. The normalized spacial score (nSPS) is 12.9. The van der Waals surface area contributed by atoms with E-state index in [1.807, 2.05) is 19.1 Å². The maximum absolute atomic E-state index is 12.5. The summed E-state index contributed by atoms with van der Waals surface area (Å²) in [7, 11) is 0. The van der Waals surface area contributed by atoms with Crippen LogP contribution in [-0.4, -0.2) is 24.1 Å². The summed E-state index contributed by atoms with van der Waals surface area (Å²) in [6.45, 7) is 3.02. The molecular weight excluding hydrogens is 328 g/mol. The van der Waals surface area contributed by atoms with Gasteiger partial charge in [-0.2, -0.15) is 0 Å². The number of carbonyl (C=O) groups is 1. The summed E-state index contributed by atoms with van der Waals surface area (Å²) < 4.78 is 16.4. The summed E-state index contributed by atoms with van der Waals surface area (Å²) in [6.07, 6.45) is 1.28. The summed E-state index contributed by atoms with van der Waals surface area (Å²) in [6, 6.07) is 9.17. The number of nitrogens with one attached hydrogen (secondary N) is 1. The van der Waals surface area contributed by atoms with Crippen molar-refractivity contribution in [1.82, 2.24) is 4.98 Å². The van der Waals surface area contributed by atoms with Gasteiger partial charge in [0, 0.05) is 16.6 Å². The molecule has 7 heteroatoms. The number of thiophene rings is 1. The molecule has 1 aliphatic heterocycles. The minimum atomic E-state index is -0.332. The van der Waals surface area contributed by atoms with Crippen LogP contribution in [0.2, 0.25) is 0 Å². The van der Waals surface area contributed by atoms with Gasteiger partial charge in [0.05, 0.1) is 4.88 Å². The smallest absolute Gasteiger partial charge is 0.278 e. The van der Waals surface area contributed by atoms with Gasteiger partial charge in [0.2, 0.25) is 0 Å². The number of hydrogen-bond acceptors (Lipinski definition) is 6. The van der Waals surface area contributed by atoms with Crippen LogP contribution in [-0.2, 0) is 0 Å². The van der Waals surface area contributed by atoms with Crippen LogP contribution in [0.15, 0.2) is 41.1 Å². The molecule has 1 N–H and O–H groups in total. The lowest BCUT2D eigenvalue weighted by Crippen LogP contribution is -2.16. The van der Waals surface area contributed by atoms with E-state index >= 15 is 0 Å². The van der Waals surface area contributed by atoms with Gasteiger partial charge in [-0.05, 0) is 31.2 Å². The predicted octanol–water partition coefficient (Wildman–Crippen LogP) is 3.74. The van der Waals surface area contributed by atoms with Gasteiger partial charge in [-0.1, -0.05) is 0 Å². The fraction of sp³-hybridized carbons (Fsp3) is 0.176. The number of ether oxygens (including phenoxy) is 2. The minimum absolute atomic E-state index is 0.256. The first-order valence-corrected chi connectivity index (χ1v) is 8.23. The van der Waals surface area contributed by atoms with Gasteiger partial charge in [-0.3, -0.25) is 4.79 Å².